The molecule has 0 amide bonds. The summed E-state index contributed by atoms with van der Waals surface area (Å²) in [7, 11) is 0. The van der Waals surface area contributed by atoms with E-state index in [1.165, 1.54) is 25.7 Å². The molecule has 3 rings (SSSR count). The lowest BCUT2D eigenvalue weighted by Gasteiger charge is -2.53. The van der Waals surface area contributed by atoms with Crippen LogP contribution in [-0.4, -0.2) is 11.5 Å². The zero-order valence-electron chi connectivity index (χ0n) is 12.0. The van der Waals surface area contributed by atoms with E-state index in [2.05, 4.69) is 0 Å². The third-order valence-electron chi connectivity index (χ3n) is 5.15. The molecule has 20 heavy (non-hydrogen) atoms. The molecule has 2 aliphatic carbocycles. The molecule has 0 radical (unpaired) electrons. The fourth-order valence-corrected chi connectivity index (χ4v) is 4.27. The molecule has 2 aliphatic rings. The highest BCUT2D eigenvalue weighted by Gasteiger charge is 2.55. The number of aryl methyl sites for hydroxylation is 1. The molecule has 110 valence electrons. The standard InChI is InChI=1S/C17H22ClFO/c1-12-7-6-8-13(16(12)19)20-15-11-14(18)17(15)9-4-2-3-5-10-17/h6-8,14-15H,2-5,9-11H2,1H3. The fourth-order valence-electron chi connectivity index (χ4n) is 3.75. The lowest BCUT2D eigenvalue weighted by atomic mass is 9.61. The van der Waals surface area contributed by atoms with Gasteiger partial charge in [-0.2, -0.15) is 0 Å². The summed E-state index contributed by atoms with van der Waals surface area (Å²) in [6.45, 7) is 1.77. The van der Waals surface area contributed by atoms with Crippen molar-refractivity contribution < 1.29 is 9.13 Å². The molecule has 3 heteroatoms. The normalized spacial score (nSPS) is 28.8. The predicted molar refractivity (Wildman–Crippen MR) is 79.9 cm³/mol. The minimum atomic E-state index is -0.228. The molecule has 0 aliphatic heterocycles. The first-order valence-electron chi connectivity index (χ1n) is 7.69. The molecule has 0 N–H and O–H groups in total. The number of halogens is 2. The maximum atomic E-state index is 14.1. The van der Waals surface area contributed by atoms with Crippen molar-refractivity contribution in [3.63, 3.8) is 0 Å². The summed E-state index contributed by atoms with van der Waals surface area (Å²) in [6.07, 6.45) is 8.19. The first kappa shape index (κ1) is 14.2. The van der Waals surface area contributed by atoms with Gasteiger partial charge in [-0.05, 0) is 31.4 Å². The summed E-state index contributed by atoms with van der Waals surface area (Å²) >= 11 is 6.52. The Morgan fingerprint density at radius 1 is 1.20 bits per heavy atom. The summed E-state index contributed by atoms with van der Waals surface area (Å²) in [5.41, 5.74) is 0.716. The van der Waals surface area contributed by atoms with Gasteiger partial charge in [0.2, 0.25) is 0 Å². The molecule has 2 saturated carbocycles. The first-order chi connectivity index (χ1) is 9.63. The van der Waals surface area contributed by atoms with Crippen molar-refractivity contribution in [1.29, 1.82) is 0 Å². The van der Waals surface area contributed by atoms with E-state index in [-0.39, 0.29) is 22.7 Å². The minimum absolute atomic E-state index is 0.0776. The van der Waals surface area contributed by atoms with E-state index in [0.29, 0.717) is 11.3 Å². The third-order valence-corrected chi connectivity index (χ3v) is 5.76. The van der Waals surface area contributed by atoms with E-state index in [0.717, 1.165) is 19.3 Å². The van der Waals surface area contributed by atoms with Gasteiger partial charge in [0.05, 0.1) is 0 Å². The van der Waals surface area contributed by atoms with Gasteiger partial charge < -0.3 is 4.74 Å². The van der Waals surface area contributed by atoms with E-state index in [4.69, 9.17) is 16.3 Å². The van der Waals surface area contributed by atoms with Gasteiger partial charge in [-0.3, -0.25) is 0 Å². The number of hydrogen-bond donors (Lipinski definition) is 0. The molecule has 2 atom stereocenters. The average molecular weight is 297 g/mol. The third kappa shape index (κ3) is 2.32. The Morgan fingerprint density at radius 3 is 2.55 bits per heavy atom. The highest BCUT2D eigenvalue weighted by atomic mass is 35.5. The molecule has 2 unspecified atom stereocenters. The zero-order valence-corrected chi connectivity index (χ0v) is 12.8. The van der Waals surface area contributed by atoms with Crippen molar-refractivity contribution in [3.8, 4) is 5.75 Å². The summed E-state index contributed by atoms with van der Waals surface area (Å²) in [5.74, 6) is 0.163. The van der Waals surface area contributed by atoms with Crippen LogP contribution in [0.5, 0.6) is 5.75 Å². The second-order valence-corrected chi connectivity index (χ2v) is 6.87. The SMILES string of the molecule is Cc1cccc(OC2CC(Cl)C23CCCCCC3)c1F. The number of benzene rings is 1. The highest BCUT2D eigenvalue weighted by Crippen LogP contribution is 2.55. The van der Waals surface area contributed by atoms with Crippen molar-refractivity contribution in [2.45, 2.75) is 63.4 Å². The topological polar surface area (TPSA) is 9.23 Å². The van der Waals surface area contributed by atoms with Crippen LogP contribution in [0.3, 0.4) is 0 Å². The molecule has 2 fully saturated rings. The Balaban J connectivity index is 1.78. The molecule has 0 saturated heterocycles. The van der Waals surface area contributed by atoms with Crippen LogP contribution in [0.4, 0.5) is 4.39 Å². The first-order valence-corrected chi connectivity index (χ1v) is 8.13. The van der Waals surface area contributed by atoms with Crippen molar-refractivity contribution in [2.24, 2.45) is 5.41 Å². The van der Waals surface area contributed by atoms with Crippen molar-refractivity contribution in [1.82, 2.24) is 0 Å². The molecule has 1 spiro atoms. The van der Waals surface area contributed by atoms with Crippen LogP contribution in [0.1, 0.15) is 50.5 Å². The predicted octanol–water partition coefficient (Wildman–Crippen LogP) is 5.23. The van der Waals surface area contributed by atoms with E-state index in [9.17, 15) is 4.39 Å². The second-order valence-electron chi connectivity index (χ2n) is 6.34. The van der Waals surface area contributed by atoms with Crippen molar-refractivity contribution in [3.05, 3.63) is 29.6 Å². The molecule has 0 heterocycles. The Labute approximate surface area is 125 Å². The smallest absolute Gasteiger partial charge is 0.167 e. The van der Waals surface area contributed by atoms with Gasteiger partial charge in [0.15, 0.2) is 11.6 Å². The Bertz CT molecular complexity index is 480. The van der Waals surface area contributed by atoms with Crippen LogP contribution >= 0.6 is 11.6 Å². The lowest BCUT2D eigenvalue weighted by Crippen LogP contribution is -2.57. The van der Waals surface area contributed by atoms with Crippen molar-refractivity contribution in [2.75, 3.05) is 0 Å². The minimum Gasteiger partial charge on any atom is -0.487 e. The lowest BCUT2D eigenvalue weighted by molar-refractivity contribution is -0.0530. The van der Waals surface area contributed by atoms with Gasteiger partial charge in [0, 0.05) is 17.2 Å². The van der Waals surface area contributed by atoms with Crippen LogP contribution in [0, 0.1) is 18.2 Å². The van der Waals surface area contributed by atoms with Crippen LogP contribution in [0.2, 0.25) is 0 Å². The summed E-state index contributed by atoms with van der Waals surface area (Å²) in [4.78, 5) is 0. The summed E-state index contributed by atoms with van der Waals surface area (Å²) in [5, 5.41) is 0.193. The van der Waals surface area contributed by atoms with Crippen LogP contribution < -0.4 is 4.74 Å². The Hall–Kier alpha value is -0.760. The fraction of sp³-hybridized carbons (Fsp3) is 0.647. The van der Waals surface area contributed by atoms with Crippen LogP contribution in [0.15, 0.2) is 18.2 Å². The summed E-state index contributed by atoms with van der Waals surface area (Å²) in [6, 6.07) is 5.35. The van der Waals surface area contributed by atoms with Gasteiger partial charge >= 0.3 is 0 Å². The van der Waals surface area contributed by atoms with Crippen LogP contribution in [0.25, 0.3) is 0 Å². The van der Waals surface area contributed by atoms with Gasteiger partial charge in [0.1, 0.15) is 6.10 Å². The quantitative estimate of drug-likeness (QED) is 0.679. The van der Waals surface area contributed by atoms with E-state index >= 15 is 0 Å². The molecular formula is C17H22ClFO. The molecular weight excluding hydrogens is 275 g/mol. The largest absolute Gasteiger partial charge is 0.487 e. The number of hydrogen-bond acceptors (Lipinski definition) is 1. The summed E-state index contributed by atoms with van der Waals surface area (Å²) < 4.78 is 20.1. The maximum absolute atomic E-state index is 14.1. The van der Waals surface area contributed by atoms with E-state index in [1.54, 1.807) is 19.1 Å². The maximum Gasteiger partial charge on any atom is 0.167 e. The average Bonchev–Trinajstić information content (AvgIpc) is 2.71. The van der Waals surface area contributed by atoms with Crippen LogP contribution in [-0.2, 0) is 0 Å². The Morgan fingerprint density at radius 2 is 1.90 bits per heavy atom. The van der Waals surface area contributed by atoms with Gasteiger partial charge in [-0.1, -0.05) is 37.8 Å². The van der Waals surface area contributed by atoms with Gasteiger partial charge in [-0.25, -0.2) is 4.39 Å². The van der Waals surface area contributed by atoms with E-state index in [1.807, 2.05) is 6.07 Å². The highest BCUT2D eigenvalue weighted by molar-refractivity contribution is 6.21. The molecule has 1 nitrogen and oxygen atoms in total. The van der Waals surface area contributed by atoms with Gasteiger partial charge in [0.25, 0.3) is 0 Å². The number of alkyl halides is 1. The van der Waals surface area contributed by atoms with Gasteiger partial charge in [-0.15, -0.1) is 11.6 Å². The second kappa shape index (κ2) is 5.55. The van der Waals surface area contributed by atoms with E-state index < -0.39 is 0 Å². The molecule has 0 aromatic heterocycles. The number of rotatable bonds is 2. The molecule has 0 bridgehead atoms. The zero-order chi connectivity index (χ0) is 14.2. The number of ether oxygens (including phenoxy) is 1. The monoisotopic (exact) mass is 296 g/mol. The Kier molecular flexibility index (Phi) is 3.94. The molecule has 1 aromatic carbocycles. The van der Waals surface area contributed by atoms with Crippen molar-refractivity contribution >= 4 is 11.6 Å². The molecule has 1 aromatic rings.